The number of amides is 2. The highest BCUT2D eigenvalue weighted by Crippen LogP contribution is 2.36. The van der Waals surface area contributed by atoms with E-state index in [-0.39, 0.29) is 28.0 Å². The predicted octanol–water partition coefficient (Wildman–Crippen LogP) is 5.99. The molecule has 192 valence electrons. The molecule has 37 heavy (non-hydrogen) atoms. The van der Waals surface area contributed by atoms with Crippen molar-refractivity contribution in [3.8, 4) is 5.75 Å². The van der Waals surface area contributed by atoms with E-state index in [1.54, 1.807) is 42.2 Å². The summed E-state index contributed by atoms with van der Waals surface area (Å²) in [6.45, 7) is 4.25. The summed E-state index contributed by atoms with van der Waals surface area (Å²) in [6.07, 6.45) is 3.01. The lowest BCUT2D eigenvalue weighted by Gasteiger charge is -2.12. The van der Waals surface area contributed by atoms with Crippen LogP contribution in [0.3, 0.4) is 0 Å². The molecule has 0 radical (unpaired) electrons. The van der Waals surface area contributed by atoms with Gasteiger partial charge in [0.05, 0.1) is 39.5 Å². The van der Waals surface area contributed by atoms with Crippen molar-refractivity contribution in [3.63, 3.8) is 0 Å². The number of benzene rings is 2. The van der Waals surface area contributed by atoms with Gasteiger partial charge in [0.25, 0.3) is 11.8 Å². The van der Waals surface area contributed by atoms with Crippen molar-refractivity contribution < 1.29 is 14.3 Å². The Kier molecular flexibility index (Phi) is 8.06. The van der Waals surface area contributed by atoms with Crippen molar-refractivity contribution >= 4 is 58.0 Å². The number of rotatable bonds is 8. The molecular weight excluding hydrogens is 539 g/mol. The second kappa shape index (κ2) is 11.2. The minimum atomic E-state index is -0.412. The topological polar surface area (TPSA) is 103 Å². The number of halogens is 3. The van der Waals surface area contributed by atoms with Crippen LogP contribution in [0, 0.1) is 6.92 Å². The average Bonchev–Trinajstić information content (AvgIpc) is 3.41. The van der Waals surface area contributed by atoms with Gasteiger partial charge in [-0.2, -0.15) is 10.2 Å². The van der Waals surface area contributed by atoms with Gasteiger partial charge in [0.15, 0.2) is 5.75 Å². The Labute approximate surface area is 228 Å². The van der Waals surface area contributed by atoms with Gasteiger partial charge in [0, 0.05) is 24.2 Å². The smallest absolute Gasteiger partial charge is 0.276 e. The Morgan fingerprint density at radius 2 is 1.65 bits per heavy atom. The summed E-state index contributed by atoms with van der Waals surface area (Å²) < 4.78 is 8.94. The molecule has 2 N–H and O–H groups in total. The first-order valence-electron chi connectivity index (χ1n) is 11.2. The first kappa shape index (κ1) is 26.5. The highest BCUT2D eigenvalue weighted by molar-refractivity contribution is 6.40. The lowest BCUT2D eigenvalue weighted by atomic mass is 10.1. The molecule has 4 aromatic rings. The van der Waals surface area contributed by atoms with Crippen molar-refractivity contribution in [2.24, 2.45) is 7.05 Å². The third-order valence-corrected chi connectivity index (χ3v) is 6.40. The van der Waals surface area contributed by atoms with Crippen LogP contribution < -0.4 is 15.4 Å². The summed E-state index contributed by atoms with van der Waals surface area (Å²) >= 11 is 18.3. The number of aromatic nitrogens is 4. The second-order valence-electron chi connectivity index (χ2n) is 8.09. The van der Waals surface area contributed by atoms with Crippen molar-refractivity contribution in [3.05, 3.63) is 86.4 Å². The number of aryl methyl sites for hydroxylation is 2. The van der Waals surface area contributed by atoms with Crippen LogP contribution in [0.2, 0.25) is 15.1 Å². The summed E-state index contributed by atoms with van der Waals surface area (Å²) in [4.78, 5) is 26.2. The van der Waals surface area contributed by atoms with Crippen LogP contribution in [0.1, 0.15) is 39.0 Å². The van der Waals surface area contributed by atoms with Crippen LogP contribution in [-0.4, -0.2) is 31.4 Å². The zero-order valence-electron chi connectivity index (χ0n) is 20.2. The van der Waals surface area contributed by atoms with E-state index in [9.17, 15) is 9.59 Å². The number of ether oxygens (including phenoxy) is 1. The van der Waals surface area contributed by atoms with Gasteiger partial charge < -0.3 is 15.4 Å². The number of nitrogens with one attached hydrogen (secondary N) is 2. The lowest BCUT2D eigenvalue weighted by molar-refractivity contribution is 0.101. The highest BCUT2D eigenvalue weighted by atomic mass is 35.5. The fourth-order valence-electron chi connectivity index (χ4n) is 3.58. The Balaban J connectivity index is 1.50. The molecule has 0 aliphatic heterocycles. The maximum Gasteiger partial charge on any atom is 0.276 e. The lowest BCUT2D eigenvalue weighted by Crippen LogP contribution is -2.21. The van der Waals surface area contributed by atoms with Crippen LogP contribution in [-0.2, 0) is 20.2 Å². The van der Waals surface area contributed by atoms with Crippen LogP contribution in [0.15, 0.2) is 48.8 Å². The van der Waals surface area contributed by atoms with Gasteiger partial charge in [-0.25, -0.2) is 0 Å². The van der Waals surface area contributed by atoms with Crippen LogP contribution in [0.5, 0.6) is 5.75 Å². The molecule has 0 saturated carbocycles. The quantitative estimate of drug-likeness (QED) is 0.275. The summed E-state index contributed by atoms with van der Waals surface area (Å²) in [7, 11) is 1.78. The predicted molar refractivity (Wildman–Crippen MR) is 144 cm³/mol. The average molecular weight is 562 g/mol. The Bertz CT molecular complexity index is 1460. The molecule has 0 aliphatic rings. The van der Waals surface area contributed by atoms with Gasteiger partial charge >= 0.3 is 0 Å². The van der Waals surface area contributed by atoms with E-state index in [0.29, 0.717) is 34.1 Å². The Morgan fingerprint density at radius 3 is 2.30 bits per heavy atom. The summed E-state index contributed by atoms with van der Waals surface area (Å²) in [5, 5.41) is 15.0. The van der Waals surface area contributed by atoms with Gasteiger partial charge in [-0.05, 0) is 43.7 Å². The third-order valence-electron chi connectivity index (χ3n) is 5.62. The summed E-state index contributed by atoms with van der Waals surface area (Å²) in [5.74, 6) is -0.523. The zero-order valence-corrected chi connectivity index (χ0v) is 22.4. The second-order valence-corrected chi connectivity index (χ2v) is 9.34. The molecule has 2 aromatic carbocycles. The third kappa shape index (κ3) is 5.90. The van der Waals surface area contributed by atoms with Crippen molar-refractivity contribution in [1.29, 1.82) is 0 Å². The number of hydrogen-bond donors (Lipinski definition) is 2. The first-order chi connectivity index (χ1) is 17.7. The van der Waals surface area contributed by atoms with E-state index in [0.717, 1.165) is 5.69 Å². The van der Waals surface area contributed by atoms with E-state index in [1.807, 2.05) is 13.8 Å². The Hall–Kier alpha value is -3.53. The van der Waals surface area contributed by atoms with Crippen molar-refractivity contribution in [1.82, 2.24) is 19.6 Å². The number of nitrogens with zero attached hydrogens (tertiary/aromatic N) is 4. The SMILES string of the molecule is CCn1ncc(NC(=O)c2cccc(COc3c(Cl)cc(Cl)cc3Cl)c2)c1C(=O)Nc1cnn(C)c1C. The van der Waals surface area contributed by atoms with Crippen LogP contribution in [0.25, 0.3) is 0 Å². The fourth-order valence-corrected chi connectivity index (χ4v) is 4.50. The largest absolute Gasteiger partial charge is 0.486 e. The maximum atomic E-state index is 13.1. The van der Waals surface area contributed by atoms with E-state index < -0.39 is 11.8 Å². The molecular formula is C25H23Cl3N6O3. The monoisotopic (exact) mass is 560 g/mol. The van der Waals surface area contributed by atoms with Crippen LogP contribution in [0.4, 0.5) is 11.4 Å². The molecule has 0 fully saturated rings. The molecule has 0 spiro atoms. The minimum absolute atomic E-state index is 0.119. The molecule has 4 rings (SSSR count). The minimum Gasteiger partial charge on any atom is -0.486 e. The molecule has 9 nitrogen and oxygen atoms in total. The van der Waals surface area contributed by atoms with Gasteiger partial charge in [0.1, 0.15) is 12.3 Å². The van der Waals surface area contributed by atoms with E-state index >= 15 is 0 Å². The molecule has 2 amide bonds. The van der Waals surface area contributed by atoms with Gasteiger partial charge in [-0.1, -0.05) is 46.9 Å². The molecule has 2 aromatic heterocycles. The molecule has 0 aliphatic carbocycles. The van der Waals surface area contributed by atoms with Crippen molar-refractivity contribution in [2.75, 3.05) is 10.6 Å². The molecule has 2 heterocycles. The van der Waals surface area contributed by atoms with Gasteiger partial charge in [-0.3, -0.25) is 19.0 Å². The van der Waals surface area contributed by atoms with E-state index in [2.05, 4.69) is 20.8 Å². The fraction of sp³-hybridized carbons (Fsp3) is 0.200. The number of anilines is 2. The number of hydrogen-bond acceptors (Lipinski definition) is 5. The van der Waals surface area contributed by atoms with Crippen LogP contribution >= 0.6 is 34.8 Å². The summed E-state index contributed by atoms with van der Waals surface area (Å²) in [6, 6.07) is 9.94. The highest BCUT2D eigenvalue weighted by Gasteiger charge is 2.22. The molecule has 0 unspecified atom stereocenters. The number of carbonyl (C=O) groups excluding carboxylic acids is 2. The van der Waals surface area contributed by atoms with E-state index in [4.69, 9.17) is 39.5 Å². The van der Waals surface area contributed by atoms with Gasteiger partial charge in [0.2, 0.25) is 0 Å². The first-order valence-corrected chi connectivity index (χ1v) is 12.3. The van der Waals surface area contributed by atoms with Crippen molar-refractivity contribution in [2.45, 2.75) is 27.0 Å². The maximum absolute atomic E-state index is 13.1. The van der Waals surface area contributed by atoms with E-state index in [1.165, 1.54) is 23.0 Å². The standard InChI is InChI=1S/C25H23Cl3N6O3/c1-4-34-22(25(36)31-20-11-29-33(3)14(20)2)21(12-30-34)32-24(35)16-7-5-6-15(8-16)13-37-23-18(27)9-17(26)10-19(23)28/h5-12H,4,13H2,1-3H3,(H,31,36)(H,32,35). The van der Waals surface area contributed by atoms with Gasteiger partial charge in [-0.15, -0.1) is 0 Å². The molecule has 0 bridgehead atoms. The zero-order chi connectivity index (χ0) is 26.7. The molecule has 0 atom stereocenters. The normalized spacial score (nSPS) is 10.9. The summed E-state index contributed by atoms with van der Waals surface area (Å²) in [5.41, 5.74) is 2.96. The Morgan fingerprint density at radius 1 is 0.973 bits per heavy atom. The number of carbonyl (C=O) groups is 2. The molecule has 12 heteroatoms. The molecule has 0 saturated heterocycles.